The summed E-state index contributed by atoms with van der Waals surface area (Å²) in [5.41, 5.74) is 4.17. The Labute approximate surface area is 189 Å². The van der Waals surface area contributed by atoms with Gasteiger partial charge >= 0.3 is 0 Å². The molecular formula is C22H25N7O2S. The number of aromatic nitrogens is 6. The highest BCUT2D eigenvalue weighted by Crippen LogP contribution is 2.24. The number of aromatic amines is 1. The number of Topliss-reactive ketones (excluding diaryl/α,β-unsaturated/α-hetero) is 1. The highest BCUT2D eigenvalue weighted by atomic mass is 32.1. The van der Waals surface area contributed by atoms with E-state index in [0.717, 1.165) is 42.6 Å². The number of hydrogen-bond donors (Lipinski definition) is 2. The van der Waals surface area contributed by atoms with Gasteiger partial charge in [-0.15, -0.1) is 11.3 Å². The second-order valence-electron chi connectivity index (χ2n) is 7.54. The monoisotopic (exact) mass is 451 g/mol. The molecule has 4 aromatic heterocycles. The molecule has 10 heteroatoms. The number of fused-ring (bicyclic) bond motifs is 1. The van der Waals surface area contributed by atoms with E-state index in [4.69, 9.17) is 0 Å². The van der Waals surface area contributed by atoms with Crippen molar-refractivity contribution in [1.82, 2.24) is 34.9 Å². The van der Waals surface area contributed by atoms with E-state index >= 15 is 0 Å². The minimum Gasteiger partial charge on any atom is -0.341 e. The average molecular weight is 452 g/mol. The maximum absolute atomic E-state index is 12.7. The molecular weight excluding hydrogens is 426 g/mol. The Balaban J connectivity index is 1.47. The van der Waals surface area contributed by atoms with Crippen LogP contribution in [0.5, 0.6) is 0 Å². The molecule has 4 aromatic rings. The fraction of sp³-hybridized carbons (Fsp3) is 0.364. The lowest BCUT2D eigenvalue weighted by Crippen LogP contribution is -2.28. The molecule has 4 heterocycles. The van der Waals surface area contributed by atoms with Crippen molar-refractivity contribution in [2.75, 3.05) is 0 Å². The first-order chi connectivity index (χ1) is 15.6. The van der Waals surface area contributed by atoms with E-state index in [0.29, 0.717) is 29.3 Å². The smallest absolute Gasteiger partial charge is 0.263 e. The number of hydrogen-bond acceptors (Lipinski definition) is 7. The summed E-state index contributed by atoms with van der Waals surface area (Å²) in [6, 6.07) is 3.60. The quantitative estimate of drug-likeness (QED) is 0.333. The summed E-state index contributed by atoms with van der Waals surface area (Å²) in [5, 5.41) is 7.20. The highest BCUT2D eigenvalue weighted by molar-refractivity contribution is 7.11. The molecule has 32 heavy (non-hydrogen) atoms. The molecule has 0 saturated heterocycles. The van der Waals surface area contributed by atoms with Crippen LogP contribution in [-0.2, 0) is 4.79 Å². The number of pyridine rings is 1. The normalized spacial score (nSPS) is 12.2. The van der Waals surface area contributed by atoms with Crippen LogP contribution in [0.4, 0.5) is 0 Å². The second-order valence-corrected chi connectivity index (χ2v) is 8.43. The number of amides is 1. The number of H-pyrrole nitrogens is 1. The Bertz CT molecular complexity index is 1180. The van der Waals surface area contributed by atoms with Crippen molar-refractivity contribution in [1.29, 1.82) is 0 Å². The summed E-state index contributed by atoms with van der Waals surface area (Å²) in [6.45, 7) is 1.89. The Morgan fingerprint density at radius 1 is 1.22 bits per heavy atom. The van der Waals surface area contributed by atoms with Crippen LogP contribution in [0, 0.1) is 0 Å². The summed E-state index contributed by atoms with van der Waals surface area (Å²) in [5.74, 6) is 0.825. The minimum absolute atomic E-state index is 0.165. The molecule has 1 amide bonds. The van der Waals surface area contributed by atoms with Gasteiger partial charge in [0.2, 0.25) is 0 Å². The van der Waals surface area contributed by atoms with Crippen LogP contribution in [0.15, 0.2) is 42.6 Å². The van der Waals surface area contributed by atoms with Crippen LogP contribution >= 0.6 is 11.3 Å². The number of imidazole rings is 1. The van der Waals surface area contributed by atoms with Gasteiger partial charge in [0.1, 0.15) is 22.8 Å². The van der Waals surface area contributed by atoms with Gasteiger partial charge in [0.25, 0.3) is 5.91 Å². The van der Waals surface area contributed by atoms with E-state index in [1.165, 1.54) is 17.7 Å². The first-order valence-corrected chi connectivity index (χ1v) is 11.6. The molecule has 1 atom stereocenters. The molecule has 0 spiro atoms. The molecule has 4 rings (SSSR count). The number of nitrogens with one attached hydrogen (secondary N) is 2. The zero-order chi connectivity index (χ0) is 22.3. The lowest BCUT2D eigenvalue weighted by molar-refractivity contribution is -0.118. The number of thiazole rings is 1. The lowest BCUT2D eigenvalue weighted by atomic mass is 10.0. The summed E-state index contributed by atoms with van der Waals surface area (Å²) in [7, 11) is 0. The van der Waals surface area contributed by atoms with Crippen molar-refractivity contribution in [2.45, 2.75) is 51.5 Å². The van der Waals surface area contributed by atoms with Crippen LogP contribution in [0.2, 0.25) is 0 Å². The molecule has 0 bridgehead atoms. The third-order valence-corrected chi connectivity index (χ3v) is 6.09. The van der Waals surface area contributed by atoms with Gasteiger partial charge in [0.05, 0.1) is 29.6 Å². The van der Waals surface area contributed by atoms with Gasteiger partial charge in [0.15, 0.2) is 5.65 Å². The molecule has 0 radical (unpaired) electrons. The van der Waals surface area contributed by atoms with Crippen LogP contribution in [0.3, 0.4) is 0 Å². The molecule has 0 aliphatic heterocycles. The molecule has 9 nitrogen and oxygen atoms in total. The summed E-state index contributed by atoms with van der Waals surface area (Å²) >= 11 is 1.30. The van der Waals surface area contributed by atoms with Gasteiger partial charge < -0.3 is 10.3 Å². The number of unbranched alkanes of at least 4 members (excludes halogenated alkanes) is 2. The zero-order valence-corrected chi connectivity index (χ0v) is 18.6. The van der Waals surface area contributed by atoms with Crippen molar-refractivity contribution in [2.24, 2.45) is 0 Å². The fourth-order valence-corrected chi connectivity index (χ4v) is 4.02. The van der Waals surface area contributed by atoms with Gasteiger partial charge in [-0.25, -0.2) is 14.5 Å². The fourth-order valence-electron chi connectivity index (χ4n) is 3.50. The van der Waals surface area contributed by atoms with E-state index in [1.807, 2.05) is 25.3 Å². The summed E-state index contributed by atoms with van der Waals surface area (Å²) in [4.78, 5) is 40.9. The standard InChI is InChI=1S/C22H25N7O2S/c1-2-16(30)6-4-3-5-7-17(28-22(31)19-12-23-14-32-19)21-24-11-18(27-21)15-8-9-29-20(10-15)25-13-26-29/h8-14,17H,2-7H2,1H3,(H,24,27)(H,28,31)/t17-/m0/s1. The maximum Gasteiger partial charge on any atom is 0.263 e. The van der Waals surface area contributed by atoms with Crippen LogP contribution < -0.4 is 5.32 Å². The molecule has 0 unspecified atom stereocenters. The number of ketones is 1. The molecule has 0 fully saturated rings. The first-order valence-electron chi connectivity index (χ1n) is 10.7. The van der Waals surface area contributed by atoms with Gasteiger partial charge in [-0.05, 0) is 25.0 Å². The van der Waals surface area contributed by atoms with Gasteiger partial charge in [-0.3, -0.25) is 14.6 Å². The van der Waals surface area contributed by atoms with Crippen molar-refractivity contribution in [3.63, 3.8) is 0 Å². The summed E-state index contributed by atoms with van der Waals surface area (Å²) < 4.78 is 1.70. The van der Waals surface area contributed by atoms with Crippen molar-refractivity contribution < 1.29 is 9.59 Å². The molecule has 0 aliphatic rings. The molecule has 166 valence electrons. The second kappa shape index (κ2) is 10.3. The SMILES string of the molecule is CCC(=O)CCCCC[C@H](NC(=O)c1cncs1)c1ncc(-c2ccn3ncnc3c2)[nH]1. The molecule has 0 saturated carbocycles. The number of carbonyl (C=O) groups excluding carboxylic acids is 2. The average Bonchev–Trinajstić information content (AvgIpc) is 3.58. The number of nitrogens with zero attached hydrogens (tertiary/aromatic N) is 5. The van der Waals surface area contributed by atoms with Crippen LogP contribution in [0.1, 0.15) is 67.0 Å². The summed E-state index contributed by atoms with van der Waals surface area (Å²) in [6.07, 6.45) is 11.3. The van der Waals surface area contributed by atoms with E-state index in [2.05, 4.69) is 30.4 Å². The van der Waals surface area contributed by atoms with Crippen molar-refractivity contribution in [3.8, 4) is 11.3 Å². The largest absolute Gasteiger partial charge is 0.341 e. The Morgan fingerprint density at radius 2 is 2.12 bits per heavy atom. The Hall–Kier alpha value is -3.40. The number of rotatable bonds is 11. The Morgan fingerprint density at radius 3 is 2.94 bits per heavy atom. The molecule has 0 aliphatic carbocycles. The zero-order valence-electron chi connectivity index (χ0n) is 17.8. The molecule has 0 aromatic carbocycles. The van der Waals surface area contributed by atoms with Gasteiger partial charge in [-0.2, -0.15) is 5.10 Å². The van der Waals surface area contributed by atoms with Crippen molar-refractivity contribution in [3.05, 3.63) is 53.3 Å². The van der Waals surface area contributed by atoms with E-state index in [-0.39, 0.29) is 11.9 Å². The van der Waals surface area contributed by atoms with Crippen molar-refractivity contribution >= 4 is 28.7 Å². The predicted octanol–water partition coefficient (Wildman–Crippen LogP) is 3.98. The van der Waals surface area contributed by atoms with E-state index in [9.17, 15) is 9.59 Å². The van der Waals surface area contributed by atoms with E-state index < -0.39 is 0 Å². The topological polar surface area (TPSA) is 118 Å². The number of carbonyl (C=O) groups is 2. The third-order valence-electron chi connectivity index (χ3n) is 5.32. The lowest BCUT2D eigenvalue weighted by Gasteiger charge is -2.16. The highest BCUT2D eigenvalue weighted by Gasteiger charge is 2.20. The minimum atomic E-state index is -0.267. The van der Waals surface area contributed by atoms with E-state index in [1.54, 1.807) is 22.4 Å². The van der Waals surface area contributed by atoms with Gasteiger partial charge in [-0.1, -0.05) is 19.8 Å². The molecule has 2 N–H and O–H groups in total. The van der Waals surface area contributed by atoms with Crippen LogP contribution in [-0.4, -0.2) is 41.2 Å². The maximum atomic E-state index is 12.7. The van der Waals surface area contributed by atoms with Crippen LogP contribution in [0.25, 0.3) is 16.9 Å². The Kier molecular flexibility index (Phi) is 7.00. The van der Waals surface area contributed by atoms with Gasteiger partial charge in [0, 0.05) is 24.6 Å². The first kappa shape index (κ1) is 21.8. The third kappa shape index (κ3) is 5.25. The predicted molar refractivity (Wildman–Crippen MR) is 121 cm³/mol.